The molecular weight excluding hydrogens is 208 g/mol. The number of nitrogens with zero attached hydrogens (tertiary/aromatic N) is 1. The molecule has 0 bridgehead atoms. The van der Waals surface area contributed by atoms with Crippen LogP contribution in [0.4, 0.5) is 0 Å². The molecule has 0 amide bonds. The molecular formula is C10H20N4O2. The standard InChI is InChI=1S/C10H20N4O2/c1-4-8(2)9(3)6-5-7-12-10(11)13-14(15)16/h4-7H2,1-3H3,(H3,11,12,13)/b9-8+. The molecule has 0 aromatic rings. The van der Waals surface area contributed by atoms with Crippen molar-refractivity contribution >= 4 is 5.96 Å². The van der Waals surface area contributed by atoms with Crippen LogP contribution in [-0.4, -0.2) is 17.5 Å². The van der Waals surface area contributed by atoms with E-state index in [1.165, 1.54) is 11.1 Å². The van der Waals surface area contributed by atoms with E-state index in [4.69, 9.17) is 5.41 Å². The van der Waals surface area contributed by atoms with Crippen molar-refractivity contribution in [3.63, 3.8) is 0 Å². The zero-order valence-corrected chi connectivity index (χ0v) is 10.1. The Hall–Kier alpha value is -1.59. The molecule has 6 heteroatoms. The Labute approximate surface area is 95.7 Å². The normalized spacial score (nSPS) is 11.7. The van der Waals surface area contributed by atoms with Crippen LogP contribution in [0.5, 0.6) is 0 Å². The quantitative estimate of drug-likeness (QED) is 0.161. The molecule has 0 saturated heterocycles. The molecule has 3 N–H and O–H groups in total. The number of nitrogens with one attached hydrogen (secondary N) is 3. The summed E-state index contributed by atoms with van der Waals surface area (Å²) in [4.78, 5) is 9.98. The average molecular weight is 228 g/mol. The average Bonchev–Trinajstić information content (AvgIpc) is 2.21. The van der Waals surface area contributed by atoms with Gasteiger partial charge >= 0.3 is 0 Å². The van der Waals surface area contributed by atoms with E-state index in [-0.39, 0.29) is 5.96 Å². The van der Waals surface area contributed by atoms with Gasteiger partial charge in [0.15, 0.2) is 5.03 Å². The van der Waals surface area contributed by atoms with Gasteiger partial charge in [0.2, 0.25) is 0 Å². The van der Waals surface area contributed by atoms with E-state index in [9.17, 15) is 10.1 Å². The maximum Gasteiger partial charge on any atom is 0.251 e. The van der Waals surface area contributed by atoms with Crippen LogP contribution in [0.25, 0.3) is 0 Å². The van der Waals surface area contributed by atoms with Crippen molar-refractivity contribution in [1.29, 1.82) is 5.41 Å². The fraction of sp³-hybridized carbons (Fsp3) is 0.700. The van der Waals surface area contributed by atoms with Gasteiger partial charge in [-0.1, -0.05) is 23.5 Å². The number of nitro groups is 1. The summed E-state index contributed by atoms with van der Waals surface area (Å²) in [5.74, 6) is -0.265. The number of hydrogen-bond acceptors (Lipinski definition) is 3. The number of guanidine groups is 1. The van der Waals surface area contributed by atoms with Crippen molar-refractivity contribution in [2.75, 3.05) is 6.54 Å². The third-order valence-corrected chi connectivity index (χ3v) is 2.49. The highest BCUT2D eigenvalue weighted by Gasteiger charge is 2.01. The molecule has 0 atom stereocenters. The predicted molar refractivity (Wildman–Crippen MR) is 63.8 cm³/mol. The zero-order valence-electron chi connectivity index (χ0n) is 10.1. The molecule has 0 aliphatic heterocycles. The van der Waals surface area contributed by atoms with E-state index in [1.807, 2.05) is 0 Å². The second-order valence-electron chi connectivity index (χ2n) is 3.69. The van der Waals surface area contributed by atoms with Crippen molar-refractivity contribution in [3.05, 3.63) is 21.3 Å². The van der Waals surface area contributed by atoms with Crippen LogP contribution in [0.15, 0.2) is 11.1 Å². The van der Waals surface area contributed by atoms with Gasteiger partial charge in [-0.15, -0.1) is 0 Å². The van der Waals surface area contributed by atoms with E-state index < -0.39 is 5.03 Å². The molecule has 0 saturated carbocycles. The van der Waals surface area contributed by atoms with Gasteiger partial charge in [-0.2, -0.15) is 0 Å². The van der Waals surface area contributed by atoms with Crippen molar-refractivity contribution < 1.29 is 5.03 Å². The fourth-order valence-corrected chi connectivity index (χ4v) is 1.21. The second-order valence-corrected chi connectivity index (χ2v) is 3.69. The fourth-order valence-electron chi connectivity index (χ4n) is 1.21. The molecule has 0 unspecified atom stereocenters. The minimum atomic E-state index is -0.748. The summed E-state index contributed by atoms with van der Waals surface area (Å²) in [5.41, 5.74) is 4.49. The Bertz CT molecular complexity index is 287. The van der Waals surface area contributed by atoms with Crippen molar-refractivity contribution in [2.24, 2.45) is 0 Å². The van der Waals surface area contributed by atoms with Gasteiger partial charge in [-0.3, -0.25) is 5.41 Å². The Morgan fingerprint density at radius 2 is 2.00 bits per heavy atom. The van der Waals surface area contributed by atoms with Gasteiger partial charge in [0.05, 0.1) is 0 Å². The summed E-state index contributed by atoms with van der Waals surface area (Å²) in [7, 11) is 0. The van der Waals surface area contributed by atoms with Gasteiger partial charge < -0.3 is 5.32 Å². The molecule has 0 aliphatic rings. The van der Waals surface area contributed by atoms with Crippen LogP contribution in [0.3, 0.4) is 0 Å². The number of hydrogen-bond donors (Lipinski definition) is 3. The maximum absolute atomic E-state index is 9.98. The third-order valence-electron chi connectivity index (χ3n) is 2.49. The van der Waals surface area contributed by atoms with Gasteiger partial charge in [0, 0.05) is 6.54 Å². The van der Waals surface area contributed by atoms with Gasteiger partial charge in [0.25, 0.3) is 5.96 Å². The summed E-state index contributed by atoms with van der Waals surface area (Å²) < 4.78 is 0. The van der Waals surface area contributed by atoms with Gasteiger partial charge in [-0.05, 0) is 33.1 Å². The first-order chi connectivity index (χ1) is 7.47. The van der Waals surface area contributed by atoms with E-state index in [0.29, 0.717) is 6.54 Å². The molecule has 92 valence electrons. The third kappa shape index (κ3) is 6.80. The Morgan fingerprint density at radius 3 is 2.50 bits per heavy atom. The molecule has 0 heterocycles. The number of rotatable bonds is 6. The first-order valence-corrected chi connectivity index (χ1v) is 5.36. The lowest BCUT2D eigenvalue weighted by atomic mass is 10.0. The highest BCUT2D eigenvalue weighted by atomic mass is 16.7. The van der Waals surface area contributed by atoms with Crippen LogP contribution in [0.2, 0.25) is 0 Å². The topological polar surface area (TPSA) is 91.1 Å². The van der Waals surface area contributed by atoms with E-state index in [0.717, 1.165) is 19.3 Å². The van der Waals surface area contributed by atoms with Crippen LogP contribution in [-0.2, 0) is 0 Å². The predicted octanol–water partition coefficient (Wildman–Crippen LogP) is 1.82. The van der Waals surface area contributed by atoms with Crippen LogP contribution in [0.1, 0.15) is 40.0 Å². The Kier molecular flexibility index (Phi) is 6.91. The molecule has 0 aliphatic carbocycles. The first-order valence-electron chi connectivity index (χ1n) is 5.36. The lowest BCUT2D eigenvalue weighted by Gasteiger charge is -2.07. The van der Waals surface area contributed by atoms with E-state index in [1.54, 1.807) is 5.43 Å². The maximum atomic E-state index is 9.98. The Morgan fingerprint density at radius 1 is 1.38 bits per heavy atom. The van der Waals surface area contributed by atoms with Crippen LogP contribution < -0.4 is 10.7 Å². The number of hydrazine groups is 1. The highest BCUT2D eigenvalue weighted by molar-refractivity contribution is 5.74. The molecule has 0 spiro atoms. The largest absolute Gasteiger partial charge is 0.352 e. The number of allylic oxidation sites excluding steroid dienone is 2. The molecule has 0 aromatic heterocycles. The summed E-state index contributed by atoms with van der Waals surface area (Å²) in [6.07, 6.45) is 2.88. The first kappa shape index (κ1) is 14.4. The minimum Gasteiger partial charge on any atom is -0.352 e. The highest BCUT2D eigenvalue weighted by Crippen LogP contribution is 2.12. The molecule has 0 aromatic carbocycles. The minimum absolute atomic E-state index is 0.265. The van der Waals surface area contributed by atoms with Crippen molar-refractivity contribution in [1.82, 2.24) is 10.7 Å². The molecule has 6 nitrogen and oxygen atoms in total. The Balaban J connectivity index is 3.69. The summed E-state index contributed by atoms with van der Waals surface area (Å²) >= 11 is 0. The summed E-state index contributed by atoms with van der Waals surface area (Å²) in [6.45, 7) is 6.89. The zero-order chi connectivity index (χ0) is 12.6. The summed E-state index contributed by atoms with van der Waals surface area (Å²) in [5, 5.41) is 19.0. The summed E-state index contributed by atoms with van der Waals surface area (Å²) in [6, 6.07) is 0. The van der Waals surface area contributed by atoms with Crippen molar-refractivity contribution in [3.8, 4) is 0 Å². The van der Waals surface area contributed by atoms with E-state index >= 15 is 0 Å². The molecule has 0 rings (SSSR count). The van der Waals surface area contributed by atoms with E-state index in [2.05, 4.69) is 26.1 Å². The SMILES string of the molecule is CC/C(C)=C(\C)CCCNC(=N)N[N+](=O)[O-]. The lowest BCUT2D eigenvalue weighted by molar-refractivity contribution is -0.525. The van der Waals surface area contributed by atoms with Crippen molar-refractivity contribution in [2.45, 2.75) is 40.0 Å². The smallest absolute Gasteiger partial charge is 0.251 e. The monoisotopic (exact) mass is 228 g/mol. The van der Waals surface area contributed by atoms with Crippen LogP contribution in [0, 0.1) is 15.5 Å². The molecule has 16 heavy (non-hydrogen) atoms. The second kappa shape index (κ2) is 7.67. The van der Waals surface area contributed by atoms with Crippen LogP contribution >= 0.6 is 0 Å². The molecule has 0 fully saturated rings. The lowest BCUT2D eigenvalue weighted by Crippen LogP contribution is -2.40. The molecule has 0 radical (unpaired) electrons. The van der Waals surface area contributed by atoms with Gasteiger partial charge in [0.1, 0.15) is 0 Å². The van der Waals surface area contributed by atoms with Gasteiger partial charge in [-0.25, -0.2) is 10.1 Å².